The number of hydrogen-bond acceptors (Lipinski definition) is 5. The molecule has 0 aliphatic carbocycles. The van der Waals surface area contributed by atoms with Crippen LogP contribution in [0.4, 0.5) is 20.6 Å². The second-order valence-corrected chi connectivity index (χ2v) is 6.08. The Balaban J connectivity index is 1.72. The lowest BCUT2D eigenvalue weighted by molar-refractivity contribution is 0.145. The summed E-state index contributed by atoms with van der Waals surface area (Å²) in [6.45, 7) is 5.40. The van der Waals surface area contributed by atoms with Gasteiger partial charge in [-0.2, -0.15) is 5.26 Å². The van der Waals surface area contributed by atoms with Gasteiger partial charge in [-0.15, -0.1) is 0 Å². The van der Waals surface area contributed by atoms with E-state index in [0.29, 0.717) is 37.6 Å². The molecule has 1 atom stereocenters. The summed E-state index contributed by atoms with van der Waals surface area (Å²) in [5.41, 5.74) is 2.08. The number of aliphatic imine (C=N–C) groups is 1. The van der Waals surface area contributed by atoms with Crippen LogP contribution < -0.4 is 9.80 Å². The van der Waals surface area contributed by atoms with E-state index in [0.717, 1.165) is 18.4 Å². The number of nitriles is 1. The van der Waals surface area contributed by atoms with E-state index in [-0.39, 0.29) is 11.9 Å². The third kappa shape index (κ3) is 3.63. The summed E-state index contributed by atoms with van der Waals surface area (Å²) in [4.78, 5) is 19.0. The Hall–Kier alpha value is -2.88. The molecule has 2 aliphatic heterocycles. The summed E-state index contributed by atoms with van der Waals surface area (Å²) in [7, 11) is 0. The Morgan fingerprint density at radius 3 is 2.84 bits per heavy atom. The van der Waals surface area contributed by atoms with Crippen molar-refractivity contribution in [2.24, 2.45) is 4.99 Å². The molecule has 1 aromatic rings. The van der Waals surface area contributed by atoms with Crippen LogP contribution in [0.1, 0.15) is 12.8 Å². The number of allylic oxidation sites excluding steroid dienone is 1. The van der Waals surface area contributed by atoms with Gasteiger partial charge in [0.1, 0.15) is 11.9 Å². The minimum Gasteiger partial charge on any atom is -0.442 e. The van der Waals surface area contributed by atoms with Crippen molar-refractivity contribution in [3.8, 4) is 6.07 Å². The second-order valence-electron chi connectivity index (χ2n) is 6.08. The standard InChI is InChI=1S/C18H19FN4O2/c1-21-11-15-12-23(18(24)25-15)14-2-3-17(16(19)10-14)22-8-5-13(4-7-20)6-9-22/h2-4,10,15H,1,5-6,8-9,11-12H2/t15-/m0/s1. The van der Waals surface area contributed by atoms with E-state index in [1.165, 1.54) is 11.0 Å². The van der Waals surface area contributed by atoms with Crippen molar-refractivity contribution in [3.05, 3.63) is 35.7 Å². The van der Waals surface area contributed by atoms with E-state index in [9.17, 15) is 9.18 Å². The van der Waals surface area contributed by atoms with Crippen LogP contribution in [0.15, 0.2) is 34.8 Å². The van der Waals surface area contributed by atoms with Crippen LogP contribution in [0, 0.1) is 17.1 Å². The maximum atomic E-state index is 14.6. The topological polar surface area (TPSA) is 68.9 Å². The number of nitrogens with zero attached hydrogens (tertiary/aromatic N) is 4. The zero-order valence-corrected chi connectivity index (χ0v) is 13.8. The average Bonchev–Trinajstić information content (AvgIpc) is 2.97. The largest absolute Gasteiger partial charge is 0.442 e. The Bertz CT molecular complexity index is 746. The molecular weight excluding hydrogens is 323 g/mol. The fourth-order valence-corrected chi connectivity index (χ4v) is 3.16. The first-order valence-corrected chi connectivity index (χ1v) is 8.15. The van der Waals surface area contributed by atoms with Crippen molar-refractivity contribution in [2.75, 3.05) is 36.0 Å². The highest BCUT2D eigenvalue weighted by Gasteiger charge is 2.32. The third-order valence-electron chi connectivity index (χ3n) is 4.46. The molecular formula is C18H19FN4O2. The number of carbonyl (C=O) groups excluding carboxylic acids is 1. The van der Waals surface area contributed by atoms with Gasteiger partial charge in [0, 0.05) is 19.2 Å². The summed E-state index contributed by atoms with van der Waals surface area (Å²) >= 11 is 0. The van der Waals surface area contributed by atoms with E-state index < -0.39 is 6.09 Å². The highest BCUT2D eigenvalue weighted by atomic mass is 19.1. The number of benzene rings is 1. The molecule has 7 heteroatoms. The normalized spacial score (nSPS) is 20.2. The first kappa shape index (κ1) is 17.0. The van der Waals surface area contributed by atoms with Gasteiger partial charge in [-0.1, -0.05) is 5.57 Å². The molecule has 0 unspecified atom stereocenters. The lowest BCUT2D eigenvalue weighted by Crippen LogP contribution is -2.31. The van der Waals surface area contributed by atoms with Gasteiger partial charge in [0.2, 0.25) is 0 Å². The van der Waals surface area contributed by atoms with Gasteiger partial charge in [-0.05, 0) is 37.8 Å². The van der Waals surface area contributed by atoms with Gasteiger partial charge < -0.3 is 9.64 Å². The Labute approximate surface area is 145 Å². The zero-order chi connectivity index (χ0) is 17.8. The van der Waals surface area contributed by atoms with E-state index >= 15 is 0 Å². The minimum absolute atomic E-state index is 0.329. The quantitative estimate of drug-likeness (QED) is 0.623. The van der Waals surface area contributed by atoms with Crippen LogP contribution in [-0.2, 0) is 4.74 Å². The maximum Gasteiger partial charge on any atom is 0.414 e. The molecule has 2 heterocycles. The van der Waals surface area contributed by atoms with Crippen LogP contribution in [-0.4, -0.2) is 45.1 Å². The number of cyclic esters (lactones) is 1. The van der Waals surface area contributed by atoms with E-state index in [1.54, 1.807) is 18.2 Å². The number of anilines is 2. The highest BCUT2D eigenvalue weighted by molar-refractivity contribution is 5.90. The molecule has 2 fully saturated rings. The number of carbonyl (C=O) groups is 1. The van der Waals surface area contributed by atoms with E-state index in [4.69, 9.17) is 10.00 Å². The van der Waals surface area contributed by atoms with E-state index in [1.807, 2.05) is 11.0 Å². The van der Waals surface area contributed by atoms with Crippen LogP contribution in [0.25, 0.3) is 0 Å². The number of hydrogen-bond donors (Lipinski definition) is 0. The number of amides is 1. The molecule has 1 amide bonds. The Morgan fingerprint density at radius 2 is 2.20 bits per heavy atom. The van der Waals surface area contributed by atoms with Crippen LogP contribution in [0.5, 0.6) is 0 Å². The van der Waals surface area contributed by atoms with E-state index in [2.05, 4.69) is 11.7 Å². The summed E-state index contributed by atoms with van der Waals surface area (Å²) in [6, 6.07) is 6.82. The minimum atomic E-state index is -0.495. The predicted molar refractivity (Wildman–Crippen MR) is 93.6 cm³/mol. The summed E-state index contributed by atoms with van der Waals surface area (Å²) < 4.78 is 19.8. The SMILES string of the molecule is C=NC[C@H]1CN(c2ccc(N3CCC(=CC#N)CC3)c(F)c2)C(=O)O1. The number of halogens is 1. The van der Waals surface area contributed by atoms with Gasteiger partial charge in [-0.3, -0.25) is 9.89 Å². The monoisotopic (exact) mass is 342 g/mol. The first-order valence-electron chi connectivity index (χ1n) is 8.15. The fraction of sp³-hybridized carbons (Fsp3) is 0.389. The third-order valence-corrected chi connectivity index (χ3v) is 4.46. The molecule has 1 aromatic carbocycles. The van der Waals surface area contributed by atoms with Crippen molar-refractivity contribution in [1.29, 1.82) is 5.26 Å². The molecule has 0 saturated carbocycles. The van der Waals surface area contributed by atoms with Gasteiger partial charge >= 0.3 is 6.09 Å². The van der Waals surface area contributed by atoms with Crippen LogP contribution in [0.3, 0.4) is 0 Å². The molecule has 0 N–H and O–H groups in total. The van der Waals surface area contributed by atoms with Gasteiger partial charge in [0.25, 0.3) is 0 Å². The van der Waals surface area contributed by atoms with Crippen molar-refractivity contribution in [2.45, 2.75) is 18.9 Å². The molecule has 6 nitrogen and oxygen atoms in total. The van der Waals surface area contributed by atoms with Gasteiger partial charge in [0.15, 0.2) is 0 Å². The lowest BCUT2D eigenvalue weighted by atomic mass is 10.0. The van der Waals surface area contributed by atoms with Gasteiger partial charge in [-0.25, -0.2) is 9.18 Å². The second kappa shape index (κ2) is 7.34. The Kier molecular flexibility index (Phi) is 4.98. The molecule has 3 rings (SSSR count). The van der Waals surface area contributed by atoms with Crippen LogP contribution >= 0.6 is 0 Å². The number of rotatable bonds is 4. The zero-order valence-electron chi connectivity index (χ0n) is 13.8. The van der Waals surface area contributed by atoms with Crippen molar-refractivity contribution in [1.82, 2.24) is 0 Å². The molecule has 0 bridgehead atoms. The molecule has 0 spiro atoms. The highest BCUT2D eigenvalue weighted by Crippen LogP contribution is 2.30. The smallest absolute Gasteiger partial charge is 0.414 e. The molecule has 0 aromatic heterocycles. The first-order chi connectivity index (χ1) is 12.1. The molecule has 130 valence electrons. The maximum absolute atomic E-state index is 14.6. The van der Waals surface area contributed by atoms with Crippen molar-refractivity contribution >= 4 is 24.2 Å². The molecule has 0 radical (unpaired) electrons. The fourth-order valence-electron chi connectivity index (χ4n) is 3.16. The predicted octanol–water partition coefficient (Wildman–Crippen LogP) is 2.90. The molecule has 2 saturated heterocycles. The Morgan fingerprint density at radius 1 is 1.44 bits per heavy atom. The summed E-state index contributed by atoms with van der Waals surface area (Å²) in [5.74, 6) is -0.372. The van der Waals surface area contributed by atoms with Crippen molar-refractivity contribution < 1.29 is 13.9 Å². The molecule has 25 heavy (non-hydrogen) atoms. The number of piperidine rings is 1. The van der Waals surface area contributed by atoms with Crippen molar-refractivity contribution in [3.63, 3.8) is 0 Å². The lowest BCUT2D eigenvalue weighted by Gasteiger charge is -2.30. The average molecular weight is 342 g/mol. The summed E-state index contributed by atoms with van der Waals surface area (Å²) in [6.07, 6.45) is 2.24. The summed E-state index contributed by atoms with van der Waals surface area (Å²) in [5, 5.41) is 8.70. The number of ether oxygens (including phenoxy) is 1. The van der Waals surface area contributed by atoms with Crippen LogP contribution in [0.2, 0.25) is 0 Å². The van der Waals surface area contributed by atoms with Gasteiger partial charge in [0.05, 0.1) is 30.5 Å². The molecule has 2 aliphatic rings.